The smallest absolute Gasteiger partial charge is 0.252 e. The Balaban J connectivity index is 1.63. The summed E-state index contributed by atoms with van der Waals surface area (Å²) in [6.07, 6.45) is 0. The molecule has 138 valence electrons. The molecule has 6 nitrogen and oxygen atoms in total. The van der Waals surface area contributed by atoms with Crippen LogP contribution in [-0.2, 0) is 4.79 Å². The van der Waals surface area contributed by atoms with Crippen LogP contribution in [0.15, 0.2) is 70.6 Å². The first-order valence-electron chi connectivity index (χ1n) is 8.38. The second-order valence-electron chi connectivity index (χ2n) is 6.08. The van der Waals surface area contributed by atoms with Crippen LogP contribution in [0, 0.1) is 0 Å². The van der Waals surface area contributed by atoms with Gasteiger partial charge in [-0.15, -0.1) is 0 Å². The zero-order valence-corrected chi connectivity index (χ0v) is 15.9. The van der Waals surface area contributed by atoms with E-state index in [2.05, 4.69) is 15.3 Å². The first-order chi connectivity index (χ1) is 13.0. The monoisotopic (exact) mass is 380 g/mol. The predicted molar refractivity (Wildman–Crippen MR) is 110 cm³/mol. The third kappa shape index (κ3) is 5.21. The highest BCUT2D eigenvalue weighted by Gasteiger charge is 2.08. The van der Waals surface area contributed by atoms with E-state index < -0.39 is 0 Å². The van der Waals surface area contributed by atoms with Crippen LogP contribution in [0.4, 0.5) is 11.4 Å². The van der Waals surface area contributed by atoms with Crippen molar-refractivity contribution in [1.29, 1.82) is 0 Å². The molecule has 0 bridgehead atoms. The Morgan fingerprint density at radius 3 is 2.48 bits per heavy atom. The van der Waals surface area contributed by atoms with Crippen molar-refractivity contribution in [1.82, 2.24) is 9.97 Å². The number of H-pyrrole nitrogens is 1. The highest BCUT2D eigenvalue weighted by atomic mass is 32.2. The lowest BCUT2D eigenvalue weighted by Gasteiger charge is -2.13. The van der Waals surface area contributed by atoms with Gasteiger partial charge in [-0.1, -0.05) is 42.1 Å². The van der Waals surface area contributed by atoms with Crippen LogP contribution in [0.2, 0.25) is 0 Å². The maximum absolute atomic E-state index is 12.2. The summed E-state index contributed by atoms with van der Waals surface area (Å²) in [6.45, 7) is 0. The third-order valence-corrected chi connectivity index (χ3v) is 4.67. The molecule has 2 aromatic carbocycles. The van der Waals surface area contributed by atoms with Gasteiger partial charge < -0.3 is 15.2 Å². The molecule has 3 aromatic rings. The second kappa shape index (κ2) is 8.55. The van der Waals surface area contributed by atoms with Gasteiger partial charge in [-0.25, -0.2) is 4.98 Å². The van der Waals surface area contributed by atoms with Gasteiger partial charge in [0, 0.05) is 37.1 Å². The average Bonchev–Trinajstić information content (AvgIpc) is 2.67. The van der Waals surface area contributed by atoms with Crippen LogP contribution in [-0.4, -0.2) is 35.7 Å². The van der Waals surface area contributed by atoms with Crippen molar-refractivity contribution in [2.24, 2.45) is 0 Å². The fourth-order valence-electron chi connectivity index (χ4n) is 2.43. The lowest BCUT2D eigenvalue weighted by molar-refractivity contribution is -0.113. The van der Waals surface area contributed by atoms with E-state index in [4.69, 9.17) is 0 Å². The summed E-state index contributed by atoms with van der Waals surface area (Å²) < 4.78 is 0. The lowest BCUT2D eigenvalue weighted by atomic mass is 10.1. The van der Waals surface area contributed by atoms with E-state index in [1.807, 2.05) is 73.6 Å². The molecular formula is C20H20N4O2S. The molecule has 1 amide bonds. The number of hydrogen-bond acceptors (Lipinski definition) is 5. The first-order valence-corrected chi connectivity index (χ1v) is 9.36. The van der Waals surface area contributed by atoms with Crippen LogP contribution in [0.1, 0.15) is 0 Å². The number of anilines is 2. The number of nitrogens with zero attached hydrogens (tertiary/aromatic N) is 2. The number of nitrogens with one attached hydrogen (secondary N) is 2. The highest BCUT2D eigenvalue weighted by molar-refractivity contribution is 7.99. The molecule has 7 heteroatoms. The number of hydrogen-bond donors (Lipinski definition) is 2. The van der Waals surface area contributed by atoms with Gasteiger partial charge in [-0.3, -0.25) is 9.59 Å². The van der Waals surface area contributed by atoms with E-state index in [-0.39, 0.29) is 17.2 Å². The van der Waals surface area contributed by atoms with Crippen molar-refractivity contribution >= 4 is 29.0 Å². The number of rotatable bonds is 6. The zero-order chi connectivity index (χ0) is 19.2. The molecule has 27 heavy (non-hydrogen) atoms. The number of carbonyl (C=O) groups is 1. The van der Waals surface area contributed by atoms with Crippen molar-refractivity contribution < 1.29 is 4.79 Å². The number of aromatic amines is 1. The van der Waals surface area contributed by atoms with Crippen molar-refractivity contribution in [3.05, 3.63) is 71.0 Å². The molecule has 3 rings (SSSR count). The molecular weight excluding hydrogens is 360 g/mol. The number of aromatic nitrogens is 2. The van der Waals surface area contributed by atoms with Crippen LogP contribution < -0.4 is 15.8 Å². The molecule has 0 aliphatic heterocycles. The maximum atomic E-state index is 12.2. The molecule has 0 unspecified atom stereocenters. The maximum Gasteiger partial charge on any atom is 0.252 e. The van der Waals surface area contributed by atoms with Gasteiger partial charge >= 0.3 is 0 Å². The molecule has 2 N–H and O–H groups in total. The number of carbonyl (C=O) groups excluding carboxylic acids is 1. The SMILES string of the molecule is CN(C)c1ccc(NC(=O)CSc2nc(-c3ccccc3)cc(=O)[nH]2)cc1. The van der Waals surface area contributed by atoms with E-state index in [9.17, 15) is 9.59 Å². The van der Waals surface area contributed by atoms with Crippen LogP contribution in [0.3, 0.4) is 0 Å². The van der Waals surface area contributed by atoms with E-state index >= 15 is 0 Å². The van der Waals surface area contributed by atoms with E-state index in [1.54, 1.807) is 0 Å². The van der Waals surface area contributed by atoms with Crippen molar-refractivity contribution in [2.45, 2.75) is 5.16 Å². The van der Waals surface area contributed by atoms with Gasteiger partial charge in [0.25, 0.3) is 5.56 Å². The molecule has 0 fully saturated rings. The van der Waals surface area contributed by atoms with E-state index in [1.165, 1.54) is 17.8 Å². The highest BCUT2D eigenvalue weighted by Crippen LogP contribution is 2.19. The van der Waals surface area contributed by atoms with Gasteiger partial charge in [-0.2, -0.15) is 0 Å². The second-order valence-corrected chi connectivity index (χ2v) is 7.04. The topological polar surface area (TPSA) is 78.1 Å². The summed E-state index contributed by atoms with van der Waals surface area (Å²) in [4.78, 5) is 33.2. The van der Waals surface area contributed by atoms with Gasteiger partial charge in [0.15, 0.2) is 5.16 Å². The molecule has 0 aliphatic rings. The molecule has 0 atom stereocenters. The first kappa shape index (κ1) is 18.7. The number of benzene rings is 2. The lowest BCUT2D eigenvalue weighted by Crippen LogP contribution is -2.15. The van der Waals surface area contributed by atoms with Gasteiger partial charge in [-0.05, 0) is 24.3 Å². The Kier molecular flexibility index (Phi) is 5.93. The van der Waals surface area contributed by atoms with Crippen LogP contribution in [0.25, 0.3) is 11.3 Å². The van der Waals surface area contributed by atoms with Gasteiger partial charge in [0.1, 0.15) is 0 Å². The summed E-state index contributed by atoms with van der Waals surface area (Å²) in [7, 11) is 3.92. The van der Waals surface area contributed by atoms with Crippen LogP contribution in [0.5, 0.6) is 0 Å². The minimum atomic E-state index is -0.244. The quantitative estimate of drug-likeness (QED) is 0.507. The normalized spacial score (nSPS) is 10.4. The predicted octanol–water partition coefficient (Wildman–Crippen LogP) is 3.23. The molecule has 0 saturated carbocycles. The van der Waals surface area contributed by atoms with E-state index in [0.29, 0.717) is 10.9 Å². The molecule has 1 heterocycles. The summed E-state index contributed by atoms with van der Waals surface area (Å²) in [5, 5.41) is 3.26. The average molecular weight is 380 g/mol. The Morgan fingerprint density at radius 1 is 1.11 bits per heavy atom. The van der Waals surface area contributed by atoms with E-state index in [0.717, 1.165) is 16.9 Å². The molecule has 0 saturated heterocycles. The molecule has 1 aromatic heterocycles. The van der Waals surface area contributed by atoms with Crippen molar-refractivity contribution in [3.8, 4) is 11.3 Å². The fraction of sp³-hybridized carbons (Fsp3) is 0.150. The fourth-order valence-corrected chi connectivity index (χ4v) is 3.11. The molecule has 0 spiro atoms. The molecule has 0 aliphatic carbocycles. The number of thioether (sulfide) groups is 1. The van der Waals surface area contributed by atoms with Crippen molar-refractivity contribution in [2.75, 3.05) is 30.1 Å². The van der Waals surface area contributed by atoms with Crippen molar-refractivity contribution in [3.63, 3.8) is 0 Å². The zero-order valence-electron chi connectivity index (χ0n) is 15.1. The van der Waals surface area contributed by atoms with Gasteiger partial charge in [0.05, 0.1) is 11.4 Å². The number of amides is 1. The van der Waals surface area contributed by atoms with Gasteiger partial charge in [0.2, 0.25) is 5.91 Å². The summed E-state index contributed by atoms with van der Waals surface area (Å²) in [5.74, 6) is -0.0123. The summed E-state index contributed by atoms with van der Waals surface area (Å²) in [5.41, 5.74) is 2.98. The Bertz CT molecular complexity index is 969. The summed E-state index contributed by atoms with van der Waals surface area (Å²) >= 11 is 1.19. The standard InChI is InChI=1S/C20H20N4O2S/c1-24(2)16-10-8-15(9-11-16)21-19(26)13-27-20-22-17(12-18(25)23-20)14-6-4-3-5-7-14/h3-12H,13H2,1-2H3,(H,21,26)(H,22,23,25). The Morgan fingerprint density at radius 2 is 1.81 bits per heavy atom. The largest absolute Gasteiger partial charge is 0.378 e. The minimum Gasteiger partial charge on any atom is -0.378 e. The summed E-state index contributed by atoms with van der Waals surface area (Å²) in [6, 6.07) is 18.5. The minimum absolute atomic E-state index is 0.149. The van der Waals surface area contributed by atoms with Crippen LogP contribution >= 0.6 is 11.8 Å². The third-order valence-electron chi connectivity index (χ3n) is 3.80. The Hall–Kier alpha value is -3.06. The Labute approximate surface area is 161 Å². The molecule has 0 radical (unpaired) electrons.